The van der Waals surface area contributed by atoms with Gasteiger partial charge in [-0.15, -0.1) is 0 Å². The number of methoxy groups -OCH3 is 1. The summed E-state index contributed by atoms with van der Waals surface area (Å²) in [6.45, 7) is 1.95. The predicted octanol–water partition coefficient (Wildman–Crippen LogP) is 2.67. The highest BCUT2D eigenvalue weighted by Crippen LogP contribution is 2.26. The molecule has 1 aromatic heterocycles. The molecule has 0 unspecified atom stereocenters. The quantitative estimate of drug-likeness (QED) is 0.795. The number of hydrogen-bond acceptors (Lipinski definition) is 5. The zero-order valence-corrected chi connectivity index (χ0v) is 10.5. The van der Waals surface area contributed by atoms with Gasteiger partial charge < -0.3 is 14.0 Å². The van der Waals surface area contributed by atoms with Gasteiger partial charge in [-0.25, -0.2) is 9.18 Å². The van der Waals surface area contributed by atoms with Crippen molar-refractivity contribution in [1.82, 2.24) is 5.16 Å². The van der Waals surface area contributed by atoms with Crippen LogP contribution >= 0.6 is 0 Å². The van der Waals surface area contributed by atoms with Crippen LogP contribution in [0.3, 0.4) is 0 Å². The molecule has 0 saturated carbocycles. The van der Waals surface area contributed by atoms with E-state index in [2.05, 4.69) is 5.16 Å². The molecule has 0 aliphatic carbocycles. The Morgan fingerprint density at radius 3 is 2.89 bits per heavy atom. The topological polar surface area (TPSA) is 61.6 Å². The largest absolute Gasteiger partial charge is 0.494 e. The van der Waals surface area contributed by atoms with Gasteiger partial charge in [0.25, 0.3) is 0 Å². The molecule has 0 aliphatic rings. The van der Waals surface area contributed by atoms with Crippen molar-refractivity contribution >= 4 is 5.97 Å². The summed E-state index contributed by atoms with van der Waals surface area (Å²) in [5, 5.41) is 3.60. The SMILES string of the molecule is CCOC(=O)c1cc(-c2ccc(F)c(OC)c2)on1. The Hall–Kier alpha value is -2.37. The van der Waals surface area contributed by atoms with Crippen molar-refractivity contribution in [2.24, 2.45) is 0 Å². The van der Waals surface area contributed by atoms with Gasteiger partial charge >= 0.3 is 5.97 Å². The number of carbonyl (C=O) groups excluding carboxylic acids is 1. The second-order valence-corrected chi connectivity index (χ2v) is 3.65. The Morgan fingerprint density at radius 2 is 2.21 bits per heavy atom. The summed E-state index contributed by atoms with van der Waals surface area (Å²) in [6, 6.07) is 5.66. The standard InChI is InChI=1S/C13H12FNO4/c1-3-18-13(16)10-7-11(19-15-10)8-4-5-9(14)12(6-8)17-2/h4-7H,3H2,1-2H3. The number of carbonyl (C=O) groups is 1. The molecule has 0 spiro atoms. The summed E-state index contributed by atoms with van der Waals surface area (Å²) >= 11 is 0. The van der Waals surface area contributed by atoms with Crippen LogP contribution in [0.15, 0.2) is 28.8 Å². The predicted molar refractivity (Wildman–Crippen MR) is 64.4 cm³/mol. The highest BCUT2D eigenvalue weighted by Gasteiger charge is 2.15. The average Bonchev–Trinajstić information content (AvgIpc) is 2.89. The van der Waals surface area contributed by atoms with Crippen LogP contribution < -0.4 is 4.74 Å². The molecule has 6 heteroatoms. The zero-order chi connectivity index (χ0) is 13.8. The molecule has 0 N–H and O–H groups in total. The van der Waals surface area contributed by atoms with Crippen LogP contribution in [0.5, 0.6) is 5.75 Å². The highest BCUT2D eigenvalue weighted by molar-refractivity contribution is 5.88. The molecule has 5 nitrogen and oxygen atoms in total. The third-order valence-corrected chi connectivity index (χ3v) is 2.43. The molecule has 0 aliphatic heterocycles. The van der Waals surface area contributed by atoms with E-state index in [1.165, 1.54) is 31.4 Å². The fourth-order valence-corrected chi connectivity index (χ4v) is 1.53. The molecule has 2 rings (SSSR count). The van der Waals surface area contributed by atoms with Gasteiger partial charge in [-0.3, -0.25) is 0 Å². The molecule has 0 fully saturated rings. The van der Waals surface area contributed by atoms with Crippen LogP contribution in [0.25, 0.3) is 11.3 Å². The van der Waals surface area contributed by atoms with Gasteiger partial charge in [0.1, 0.15) is 0 Å². The van der Waals surface area contributed by atoms with E-state index in [9.17, 15) is 9.18 Å². The first kappa shape index (κ1) is 13.1. The fraction of sp³-hybridized carbons (Fsp3) is 0.231. The number of hydrogen-bond donors (Lipinski definition) is 0. The first-order valence-corrected chi connectivity index (χ1v) is 5.63. The van der Waals surface area contributed by atoms with Crippen LogP contribution in [0.2, 0.25) is 0 Å². The van der Waals surface area contributed by atoms with E-state index >= 15 is 0 Å². The summed E-state index contributed by atoms with van der Waals surface area (Å²) in [7, 11) is 1.37. The van der Waals surface area contributed by atoms with Gasteiger partial charge in [0, 0.05) is 11.6 Å². The minimum Gasteiger partial charge on any atom is -0.494 e. The number of nitrogens with zero attached hydrogens (tertiary/aromatic N) is 1. The number of benzene rings is 1. The molecule has 2 aromatic rings. The van der Waals surface area contributed by atoms with Gasteiger partial charge in [0.2, 0.25) is 0 Å². The first-order chi connectivity index (χ1) is 9.15. The van der Waals surface area contributed by atoms with Crippen molar-refractivity contribution < 1.29 is 23.2 Å². The minimum atomic E-state index is -0.563. The lowest BCUT2D eigenvalue weighted by molar-refractivity contribution is 0.0514. The van der Waals surface area contributed by atoms with Crippen molar-refractivity contribution in [3.63, 3.8) is 0 Å². The number of aromatic nitrogens is 1. The van der Waals surface area contributed by atoms with E-state index in [1.54, 1.807) is 6.92 Å². The van der Waals surface area contributed by atoms with Crippen LogP contribution in [-0.2, 0) is 4.74 Å². The molecule has 0 bridgehead atoms. The maximum Gasteiger partial charge on any atom is 0.360 e. The van der Waals surface area contributed by atoms with Crippen LogP contribution in [-0.4, -0.2) is 24.8 Å². The summed E-state index contributed by atoms with van der Waals surface area (Å²) in [5.74, 6) is -0.615. The fourth-order valence-electron chi connectivity index (χ4n) is 1.53. The number of ether oxygens (including phenoxy) is 2. The summed E-state index contributed by atoms with van der Waals surface area (Å²) < 4.78 is 28.0. The van der Waals surface area contributed by atoms with E-state index in [0.717, 1.165) is 0 Å². The third kappa shape index (κ3) is 2.73. The summed E-state index contributed by atoms with van der Waals surface area (Å²) in [6.07, 6.45) is 0. The van der Waals surface area contributed by atoms with Crippen LogP contribution in [0.1, 0.15) is 17.4 Å². The molecule has 100 valence electrons. The Morgan fingerprint density at radius 1 is 1.42 bits per heavy atom. The Balaban J connectivity index is 2.30. The molecule has 0 atom stereocenters. The molecule has 0 radical (unpaired) electrons. The zero-order valence-electron chi connectivity index (χ0n) is 10.5. The van der Waals surface area contributed by atoms with E-state index in [1.807, 2.05) is 0 Å². The van der Waals surface area contributed by atoms with E-state index in [-0.39, 0.29) is 18.1 Å². The van der Waals surface area contributed by atoms with Crippen LogP contribution in [0, 0.1) is 5.82 Å². The summed E-state index contributed by atoms with van der Waals surface area (Å²) in [5.41, 5.74) is 0.626. The Bertz CT molecular complexity index is 594. The molecule has 0 saturated heterocycles. The lowest BCUT2D eigenvalue weighted by atomic mass is 10.1. The maximum atomic E-state index is 13.3. The maximum absolute atomic E-state index is 13.3. The van der Waals surface area contributed by atoms with Gasteiger partial charge in [-0.1, -0.05) is 5.16 Å². The second kappa shape index (κ2) is 5.51. The first-order valence-electron chi connectivity index (χ1n) is 5.63. The van der Waals surface area contributed by atoms with E-state index in [4.69, 9.17) is 14.0 Å². The molecular weight excluding hydrogens is 253 g/mol. The number of rotatable bonds is 4. The molecular formula is C13H12FNO4. The lowest BCUT2D eigenvalue weighted by Crippen LogP contribution is -2.04. The van der Waals surface area contributed by atoms with Crippen molar-refractivity contribution in [3.8, 4) is 17.1 Å². The normalized spacial score (nSPS) is 10.3. The minimum absolute atomic E-state index is 0.0696. The second-order valence-electron chi connectivity index (χ2n) is 3.65. The third-order valence-electron chi connectivity index (χ3n) is 2.43. The van der Waals surface area contributed by atoms with E-state index in [0.29, 0.717) is 11.3 Å². The molecule has 1 aromatic carbocycles. The average molecular weight is 265 g/mol. The van der Waals surface area contributed by atoms with Crippen molar-refractivity contribution in [1.29, 1.82) is 0 Å². The molecule has 0 amide bonds. The van der Waals surface area contributed by atoms with Crippen LogP contribution in [0.4, 0.5) is 4.39 Å². The Kier molecular flexibility index (Phi) is 3.79. The molecule has 1 heterocycles. The Labute approximate surface area is 108 Å². The molecule has 19 heavy (non-hydrogen) atoms. The highest BCUT2D eigenvalue weighted by atomic mass is 19.1. The van der Waals surface area contributed by atoms with E-state index < -0.39 is 11.8 Å². The van der Waals surface area contributed by atoms with Gasteiger partial charge in [0.15, 0.2) is 23.0 Å². The van der Waals surface area contributed by atoms with Crippen molar-refractivity contribution in [2.45, 2.75) is 6.92 Å². The van der Waals surface area contributed by atoms with Crippen molar-refractivity contribution in [2.75, 3.05) is 13.7 Å². The number of halogens is 1. The van der Waals surface area contributed by atoms with Gasteiger partial charge in [0.05, 0.1) is 13.7 Å². The lowest BCUT2D eigenvalue weighted by Gasteiger charge is -2.02. The smallest absolute Gasteiger partial charge is 0.360 e. The monoisotopic (exact) mass is 265 g/mol. The summed E-state index contributed by atoms with van der Waals surface area (Å²) in [4.78, 5) is 11.4. The van der Waals surface area contributed by atoms with Crippen molar-refractivity contribution in [3.05, 3.63) is 35.8 Å². The van der Waals surface area contributed by atoms with Gasteiger partial charge in [-0.05, 0) is 25.1 Å². The van der Waals surface area contributed by atoms with Gasteiger partial charge in [-0.2, -0.15) is 0 Å². The number of esters is 1.